The molecular weight excluding hydrogens is 394 g/mol. The molecule has 1 spiro atoms. The van der Waals surface area contributed by atoms with Crippen molar-refractivity contribution >= 4 is 17.5 Å². The molecule has 7 nitrogen and oxygen atoms in total. The van der Waals surface area contributed by atoms with E-state index in [1.807, 2.05) is 48.5 Å². The lowest BCUT2D eigenvalue weighted by Gasteiger charge is -2.35. The van der Waals surface area contributed by atoms with E-state index in [1.165, 1.54) is 0 Å². The number of piperidine rings is 1. The smallest absolute Gasteiger partial charge is 0.430 e. The third kappa shape index (κ3) is 4.99. The van der Waals surface area contributed by atoms with Crippen molar-refractivity contribution < 1.29 is 19.2 Å². The van der Waals surface area contributed by atoms with E-state index >= 15 is 0 Å². The molecule has 1 amide bonds. The lowest BCUT2D eigenvalue weighted by Crippen LogP contribution is -2.45. The Morgan fingerprint density at radius 3 is 2.77 bits per heavy atom. The van der Waals surface area contributed by atoms with Crippen molar-refractivity contribution in [1.29, 1.82) is 0 Å². The van der Waals surface area contributed by atoms with Crippen LogP contribution in [0.15, 0.2) is 53.7 Å². The Hall–Kier alpha value is -3.06. The van der Waals surface area contributed by atoms with Gasteiger partial charge in [0.1, 0.15) is 11.4 Å². The lowest BCUT2D eigenvalue weighted by atomic mass is 9.86. The van der Waals surface area contributed by atoms with Crippen LogP contribution in [0.1, 0.15) is 43.7 Å². The Kier molecular flexibility index (Phi) is 6.42. The van der Waals surface area contributed by atoms with E-state index < -0.39 is 6.09 Å². The average molecular weight is 424 g/mol. The van der Waals surface area contributed by atoms with Crippen molar-refractivity contribution in [3.8, 4) is 5.75 Å². The molecule has 1 saturated heterocycles. The first-order valence-corrected chi connectivity index (χ1v) is 10.8. The summed E-state index contributed by atoms with van der Waals surface area (Å²) >= 11 is 0. The highest BCUT2D eigenvalue weighted by Crippen LogP contribution is 2.36. The summed E-state index contributed by atoms with van der Waals surface area (Å²) in [6.45, 7) is 3.32. The van der Waals surface area contributed by atoms with Gasteiger partial charge in [0.05, 0.1) is 12.8 Å². The second-order valence-electron chi connectivity index (χ2n) is 8.06. The molecule has 1 N–H and O–H groups in total. The zero-order valence-electron chi connectivity index (χ0n) is 18.1. The molecule has 1 fully saturated rings. The number of nitrogens with zero attached hydrogens (tertiary/aromatic N) is 2. The summed E-state index contributed by atoms with van der Waals surface area (Å²) < 4.78 is 5.31. The van der Waals surface area contributed by atoms with E-state index in [0.29, 0.717) is 13.1 Å². The maximum Gasteiger partial charge on any atom is 0.430 e. The highest BCUT2D eigenvalue weighted by atomic mass is 16.7. The zero-order chi connectivity index (χ0) is 21.7. The van der Waals surface area contributed by atoms with Crippen LogP contribution in [0.4, 0.5) is 10.5 Å². The quantitative estimate of drug-likeness (QED) is 0.725. The predicted molar refractivity (Wildman–Crippen MR) is 119 cm³/mol. The van der Waals surface area contributed by atoms with E-state index in [0.717, 1.165) is 60.4 Å². The molecule has 31 heavy (non-hydrogen) atoms. The number of anilines is 1. The molecule has 0 saturated carbocycles. The fourth-order valence-corrected chi connectivity index (χ4v) is 4.11. The van der Waals surface area contributed by atoms with Gasteiger partial charge in [-0.25, -0.2) is 4.79 Å². The number of benzene rings is 2. The van der Waals surface area contributed by atoms with Gasteiger partial charge in [0, 0.05) is 43.6 Å². The number of aryl methyl sites for hydroxylation is 1. The van der Waals surface area contributed by atoms with Crippen molar-refractivity contribution in [2.24, 2.45) is 5.16 Å². The molecule has 2 aliphatic heterocycles. The topological polar surface area (TPSA) is 72.4 Å². The lowest BCUT2D eigenvalue weighted by molar-refractivity contribution is -0.154. The number of hydrogen-bond acceptors (Lipinski definition) is 6. The highest BCUT2D eigenvalue weighted by Gasteiger charge is 2.43. The first kappa shape index (κ1) is 21.2. The molecule has 7 heteroatoms. The van der Waals surface area contributed by atoms with E-state index in [2.05, 4.69) is 17.4 Å². The molecule has 4 rings (SSSR count). The normalized spacial score (nSPS) is 17.7. The average Bonchev–Trinajstić information content (AvgIpc) is 3.21. The third-order valence-corrected chi connectivity index (χ3v) is 5.86. The van der Waals surface area contributed by atoms with Crippen molar-refractivity contribution in [2.45, 2.75) is 44.6 Å². The molecule has 164 valence electrons. The van der Waals surface area contributed by atoms with Crippen LogP contribution < -0.4 is 10.1 Å². The molecule has 0 unspecified atom stereocenters. The van der Waals surface area contributed by atoms with E-state index in [9.17, 15) is 4.79 Å². The van der Waals surface area contributed by atoms with Gasteiger partial charge in [0.25, 0.3) is 0 Å². The Morgan fingerprint density at radius 2 is 2.00 bits per heavy atom. The molecule has 0 bridgehead atoms. The summed E-state index contributed by atoms with van der Waals surface area (Å²) in [4.78, 5) is 23.8. The molecule has 0 radical (unpaired) electrons. The summed E-state index contributed by atoms with van der Waals surface area (Å²) in [5.41, 5.74) is 3.53. The maximum absolute atomic E-state index is 12.4. The molecule has 0 atom stereocenters. The summed E-state index contributed by atoms with van der Waals surface area (Å²) in [6.07, 6.45) is 3.69. The second kappa shape index (κ2) is 9.39. The number of methoxy groups -OCH3 is 1. The Labute approximate surface area is 182 Å². The standard InChI is InChI=1S/C24H29N3O4/c1-3-7-18-8-4-5-11-21(18)25-23(28)30-27-14-12-24(13-15-27)17-22(26-31-24)19-9-6-10-20(16-19)29-2/h4-6,8-11,16H,3,7,12-15,17H2,1-2H3,(H,25,28). The van der Waals surface area contributed by atoms with Crippen LogP contribution in [0.25, 0.3) is 0 Å². The van der Waals surface area contributed by atoms with Crippen LogP contribution in [0, 0.1) is 0 Å². The summed E-state index contributed by atoms with van der Waals surface area (Å²) in [7, 11) is 1.65. The number of carbonyl (C=O) groups is 1. The number of rotatable bonds is 6. The highest BCUT2D eigenvalue weighted by molar-refractivity contribution is 6.02. The fourth-order valence-electron chi connectivity index (χ4n) is 4.11. The molecule has 2 heterocycles. The Balaban J connectivity index is 1.29. The SMILES string of the molecule is CCCc1ccccc1NC(=O)ON1CCC2(CC1)CC(c1cccc(OC)c1)=NO2. The van der Waals surface area contributed by atoms with Gasteiger partial charge in [-0.15, -0.1) is 5.06 Å². The largest absolute Gasteiger partial charge is 0.497 e. The summed E-state index contributed by atoms with van der Waals surface area (Å²) in [6, 6.07) is 15.7. The fraction of sp³-hybridized carbons (Fsp3) is 0.417. The van der Waals surface area contributed by atoms with Crippen LogP contribution in [0.3, 0.4) is 0 Å². The van der Waals surface area contributed by atoms with Crippen molar-refractivity contribution in [3.63, 3.8) is 0 Å². The van der Waals surface area contributed by atoms with Gasteiger partial charge in [0.15, 0.2) is 0 Å². The molecule has 2 aliphatic rings. The molecular formula is C24H29N3O4. The molecule has 0 aliphatic carbocycles. The first-order valence-electron chi connectivity index (χ1n) is 10.8. The van der Waals surface area contributed by atoms with Gasteiger partial charge < -0.3 is 14.4 Å². The Bertz CT molecular complexity index is 951. The number of carbonyl (C=O) groups excluding carboxylic acids is 1. The van der Waals surface area contributed by atoms with Gasteiger partial charge in [0.2, 0.25) is 0 Å². The van der Waals surface area contributed by atoms with Crippen LogP contribution in [0.5, 0.6) is 5.75 Å². The number of amides is 1. The van der Waals surface area contributed by atoms with Crippen LogP contribution in [-0.4, -0.2) is 42.7 Å². The van der Waals surface area contributed by atoms with E-state index in [-0.39, 0.29) is 5.60 Å². The minimum absolute atomic E-state index is 0.331. The molecule has 2 aromatic carbocycles. The molecule has 0 aromatic heterocycles. The number of ether oxygens (including phenoxy) is 1. The van der Waals surface area contributed by atoms with Gasteiger partial charge in [-0.1, -0.05) is 48.8 Å². The minimum Gasteiger partial charge on any atom is -0.497 e. The summed E-state index contributed by atoms with van der Waals surface area (Å²) in [5.74, 6) is 0.802. The number of oxime groups is 1. The van der Waals surface area contributed by atoms with Crippen molar-refractivity contribution in [1.82, 2.24) is 5.06 Å². The number of para-hydroxylation sites is 1. The van der Waals surface area contributed by atoms with E-state index in [1.54, 1.807) is 12.2 Å². The second-order valence-corrected chi connectivity index (χ2v) is 8.06. The third-order valence-electron chi connectivity index (χ3n) is 5.86. The number of hydroxylamine groups is 2. The maximum atomic E-state index is 12.4. The number of nitrogens with one attached hydrogen (secondary N) is 1. The Morgan fingerprint density at radius 1 is 1.19 bits per heavy atom. The van der Waals surface area contributed by atoms with E-state index in [4.69, 9.17) is 14.4 Å². The van der Waals surface area contributed by atoms with Gasteiger partial charge >= 0.3 is 6.09 Å². The van der Waals surface area contributed by atoms with Gasteiger partial charge in [-0.05, 0) is 30.2 Å². The van der Waals surface area contributed by atoms with Crippen molar-refractivity contribution in [3.05, 3.63) is 59.7 Å². The van der Waals surface area contributed by atoms with Crippen LogP contribution >= 0.6 is 0 Å². The predicted octanol–water partition coefficient (Wildman–Crippen LogP) is 4.77. The minimum atomic E-state index is -0.458. The van der Waals surface area contributed by atoms with Crippen LogP contribution in [0.2, 0.25) is 0 Å². The van der Waals surface area contributed by atoms with Gasteiger partial charge in [-0.3, -0.25) is 5.32 Å². The monoisotopic (exact) mass is 423 g/mol. The number of hydrogen-bond donors (Lipinski definition) is 1. The first-order chi connectivity index (χ1) is 15.1. The van der Waals surface area contributed by atoms with Crippen molar-refractivity contribution in [2.75, 3.05) is 25.5 Å². The summed E-state index contributed by atoms with van der Waals surface area (Å²) in [5, 5.41) is 8.93. The van der Waals surface area contributed by atoms with Crippen LogP contribution in [-0.2, 0) is 16.1 Å². The zero-order valence-corrected chi connectivity index (χ0v) is 18.1. The molecule has 2 aromatic rings. The van der Waals surface area contributed by atoms with Gasteiger partial charge in [-0.2, -0.15) is 0 Å².